The van der Waals surface area contributed by atoms with Gasteiger partial charge in [0.1, 0.15) is 0 Å². The monoisotopic (exact) mass is 293 g/mol. The highest BCUT2D eigenvalue weighted by atomic mass is 16.3. The molecule has 5 atom stereocenters. The van der Waals surface area contributed by atoms with Crippen LogP contribution in [0, 0.1) is 11.8 Å². The summed E-state index contributed by atoms with van der Waals surface area (Å²) >= 11 is 0. The Balaban J connectivity index is 1.67. The summed E-state index contributed by atoms with van der Waals surface area (Å²) in [7, 11) is 0. The lowest BCUT2D eigenvalue weighted by Crippen LogP contribution is -2.54. The Morgan fingerprint density at radius 1 is 1.18 bits per heavy atom. The molecule has 2 aromatic rings. The third-order valence-corrected chi connectivity index (χ3v) is 5.66. The van der Waals surface area contributed by atoms with Crippen LogP contribution in [0.25, 0.3) is 10.8 Å². The van der Waals surface area contributed by atoms with Crippen molar-refractivity contribution < 1.29 is 5.11 Å². The van der Waals surface area contributed by atoms with E-state index in [1.54, 1.807) is 0 Å². The van der Waals surface area contributed by atoms with Gasteiger partial charge in [-0.15, -0.1) is 6.58 Å². The van der Waals surface area contributed by atoms with Crippen LogP contribution in [0.4, 0.5) is 0 Å². The zero-order valence-electron chi connectivity index (χ0n) is 12.9. The van der Waals surface area contributed by atoms with Gasteiger partial charge in [-0.1, -0.05) is 48.5 Å². The fourth-order valence-electron chi connectivity index (χ4n) is 4.42. The summed E-state index contributed by atoms with van der Waals surface area (Å²) in [6.07, 6.45) is 4.04. The van der Waals surface area contributed by atoms with Crippen molar-refractivity contribution in [1.29, 1.82) is 0 Å². The molecule has 0 radical (unpaired) electrons. The number of nitrogens with zero attached hydrogens (tertiary/aromatic N) is 1. The van der Waals surface area contributed by atoms with Crippen LogP contribution in [0.5, 0.6) is 0 Å². The molecule has 0 amide bonds. The van der Waals surface area contributed by atoms with E-state index in [9.17, 15) is 5.11 Å². The summed E-state index contributed by atoms with van der Waals surface area (Å²) in [6.45, 7) is 6.15. The molecule has 3 fully saturated rings. The molecule has 3 heterocycles. The molecule has 22 heavy (non-hydrogen) atoms. The van der Waals surface area contributed by atoms with Crippen LogP contribution in [0.15, 0.2) is 55.1 Å². The van der Waals surface area contributed by atoms with Gasteiger partial charge in [0.15, 0.2) is 0 Å². The Morgan fingerprint density at radius 3 is 2.77 bits per heavy atom. The molecule has 2 nitrogen and oxygen atoms in total. The maximum Gasteiger partial charge on any atom is 0.0951 e. The van der Waals surface area contributed by atoms with Gasteiger partial charge >= 0.3 is 0 Å². The molecular formula is C20H23NO. The maximum atomic E-state index is 11.1. The molecule has 5 rings (SSSR count). The van der Waals surface area contributed by atoms with Gasteiger partial charge in [-0.3, -0.25) is 4.90 Å². The van der Waals surface area contributed by atoms with E-state index in [4.69, 9.17) is 0 Å². The lowest BCUT2D eigenvalue weighted by atomic mass is 9.73. The Labute approximate surface area is 132 Å². The van der Waals surface area contributed by atoms with Crippen LogP contribution >= 0.6 is 0 Å². The van der Waals surface area contributed by atoms with Crippen LogP contribution in [-0.2, 0) is 0 Å². The van der Waals surface area contributed by atoms with E-state index in [0.717, 1.165) is 25.1 Å². The first-order valence-electron chi connectivity index (χ1n) is 8.30. The fraction of sp³-hybridized carbons (Fsp3) is 0.400. The maximum absolute atomic E-state index is 11.1. The van der Waals surface area contributed by atoms with E-state index in [2.05, 4.69) is 60.0 Å². The lowest BCUT2D eigenvalue weighted by Gasteiger charge is -2.50. The molecule has 0 spiro atoms. The second kappa shape index (κ2) is 5.53. The smallest absolute Gasteiger partial charge is 0.0951 e. The van der Waals surface area contributed by atoms with Crippen molar-refractivity contribution in [1.82, 2.24) is 4.90 Å². The molecule has 3 saturated heterocycles. The first-order chi connectivity index (χ1) is 10.8. The Morgan fingerprint density at radius 2 is 2.00 bits per heavy atom. The van der Waals surface area contributed by atoms with Crippen molar-refractivity contribution in [3.8, 4) is 0 Å². The summed E-state index contributed by atoms with van der Waals surface area (Å²) in [5.74, 6) is 1.29. The number of piperidine rings is 3. The highest BCUT2D eigenvalue weighted by Gasteiger charge is 2.42. The lowest BCUT2D eigenvalue weighted by molar-refractivity contribution is -0.0444. The molecule has 0 aromatic heterocycles. The third-order valence-electron chi connectivity index (χ3n) is 5.66. The average molecular weight is 293 g/mol. The van der Waals surface area contributed by atoms with Gasteiger partial charge in [0.25, 0.3) is 0 Å². The largest absolute Gasteiger partial charge is 0.387 e. The number of fused-ring (bicyclic) bond motifs is 4. The number of rotatable bonds is 3. The van der Waals surface area contributed by atoms with E-state index >= 15 is 0 Å². The van der Waals surface area contributed by atoms with E-state index in [1.165, 1.54) is 17.2 Å². The van der Waals surface area contributed by atoms with Crippen molar-refractivity contribution in [2.45, 2.75) is 25.0 Å². The van der Waals surface area contributed by atoms with Gasteiger partial charge < -0.3 is 5.11 Å². The predicted octanol–water partition coefficient (Wildman–Crippen LogP) is 3.77. The van der Waals surface area contributed by atoms with Crippen molar-refractivity contribution in [2.75, 3.05) is 13.1 Å². The van der Waals surface area contributed by atoms with Crippen LogP contribution in [-0.4, -0.2) is 29.1 Å². The standard InChI is InChI=1S/C20H23NO/c1-2-14-13-21-11-10-16(14)12-19(21)20(22)18-9-5-7-15-6-3-4-8-17(15)18/h2-9,14,16,19-20,22H,1,10-13H2/t14-,16-,19-,20-/m0/s1. The van der Waals surface area contributed by atoms with Crippen molar-refractivity contribution in [3.63, 3.8) is 0 Å². The minimum atomic E-state index is -0.403. The molecule has 3 aliphatic rings. The number of aliphatic hydroxyl groups is 1. The van der Waals surface area contributed by atoms with E-state index in [1.807, 2.05) is 0 Å². The summed E-state index contributed by atoms with van der Waals surface area (Å²) < 4.78 is 0. The Kier molecular flexibility index (Phi) is 3.51. The van der Waals surface area contributed by atoms with Gasteiger partial charge in [0, 0.05) is 12.6 Å². The molecule has 0 aliphatic carbocycles. The molecule has 2 bridgehead atoms. The summed E-state index contributed by atoms with van der Waals surface area (Å²) in [6, 6.07) is 14.9. The second-order valence-corrected chi connectivity index (χ2v) is 6.76. The average Bonchev–Trinajstić information content (AvgIpc) is 2.60. The highest BCUT2D eigenvalue weighted by molar-refractivity contribution is 5.86. The van der Waals surface area contributed by atoms with Crippen molar-refractivity contribution in [3.05, 3.63) is 60.7 Å². The molecule has 2 aromatic carbocycles. The molecule has 0 saturated carbocycles. The number of hydrogen-bond donors (Lipinski definition) is 1. The SMILES string of the molecule is C=C[C@H]1CN2CC[C@H]1C[C@H]2[C@@H](O)c1cccc2ccccc12. The van der Waals surface area contributed by atoms with Gasteiger partial charge in [-0.25, -0.2) is 0 Å². The highest BCUT2D eigenvalue weighted by Crippen LogP contribution is 2.42. The van der Waals surface area contributed by atoms with Crippen LogP contribution < -0.4 is 0 Å². The fourth-order valence-corrected chi connectivity index (χ4v) is 4.42. The Hall–Kier alpha value is -1.64. The van der Waals surface area contributed by atoms with Crippen LogP contribution in [0.3, 0.4) is 0 Å². The molecule has 1 N–H and O–H groups in total. The van der Waals surface area contributed by atoms with Crippen molar-refractivity contribution >= 4 is 10.8 Å². The first kappa shape index (κ1) is 14.0. The zero-order chi connectivity index (χ0) is 15.1. The molecule has 2 heteroatoms. The van der Waals surface area contributed by atoms with Crippen molar-refractivity contribution in [2.24, 2.45) is 11.8 Å². The molecule has 1 unspecified atom stereocenters. The minimum absolute atomic E-state index is 0.251. The minimum Gasteiger partial charge on any atom is -0.387 e. The van der Waals surface area contributed by atoms with Gasteiger partial charge in [0.2, 0.25) is 0 Å². The number of hydrogen-bond acceptors (Lipinski definition) is 2. The van der Waals surface area contributed by atoms with E-state index in [-0.39, 0.29) is 6.04 Å². The normalized spacial score (nSPS) is 32.0. The predicted molar refractivity (Wildman–Crippen MR) is 90.7 cm³/mol. The van der Waals surface area contributed by atoms with E-state index < -0.39 is 6.10 Å². The summed E-state index contributed by atoms with van der Waals surface area (Å²) in [5, 5.41) is 13.4. The molecule has 114 valence electrons. The first-order valence-corrected chi connectivity index (χ1v) is 8.30. The molecule has 3 aliphatic heterocycles. The van der Waals surface area contributed by atoms with Gasteiger partial charge in [-0.05, 0) is 47.6 Å². The summed E-state index contributed by atoms with van der Waals surface area (Å²) in [5.41, 5.74) is 1.07. The third kappa shape index (κ3) is 2.18. The van der Waals surface area contributed by atoms with E-state index in [0.29, 0.717) is 11.8 Å². The van der Waals surface area contributed by atoms with Crippen LogP contribution in [0.1, 0.15) is 24.5 Å². The second-order valence-electron chi connectivity index (χ2n) is 6.76. The Bertz CT molecular complexity index is 690. The number of aliphatic hydroxyl groups excluding tert-OH is 1. The summed E-state index contributed by atoms with van der Waals surface area (Å²) in [4.78, 5) is 2.47. The van der Waals surface area contributed by atoms with Gasteiger partial charge in [0.05, 0.1) is 6.10 Å². The number of benzene rings is 2. The zero-order valence-corrected chi connectivity index (χ0v) is 12.9. The topological polar surface area (TPSA) is 23.5 Å². The van der Waals surface area contributed by atoms with Gasteiger partial charge in [-0.2, -0.15) is 0 Å². The molecular weight excluding hydrogens is 270 g/mol. The van der Waals surface area contributed by atoms with Crippen LogP contribution in [0.2, 0.25) is 0 Å². The quantitative estimate of drug-likeness (QED) is 0.871.